The van der Waals surface area contributed by atoms with Crippen molar-refractivity contribution in [3.63, 3.8) is 0 Å². The van der Waals surface area contributed by atoms with E-state index in [1.54, 1.807) is 0 Å². The summed E-state index contributed by atoms with van der Waals surface area (Å²) in [6.07, 6.45) is 0. The third kappa shape index (κ3) is 1.92. The molecule has 0 aliphatic rings. The minimum absolute atomic E-state index is 0.322. The van der Waals surface area contributed by atoms with Gasteiger partial charge < -0.3 is 0 Å². The molecule has 0 N–H and O–H groups in total. The summed E-state index contributed by atoms with van der Waals surface area (Å²) in [6, 6.07) is 18.3. The van der Waals surface area contributed by atoms with Crippen molar-refractivity contribution < 1.29 is 0 Å². The third-order valence-corrected chi connectivity index (χ3v) is 2.57. The molecule has 0 spiro atoms. The summed E-state index contributed by atoms with van der Waals surface area (Å²) in [5, 5.41) is 27.2. The zero-order chi connectivity index (χ0) is 13.0. The van der Waals surface area contributed by atoms with E-state index in [0.29, 0.717) is 22.3 Å². The molecule has 0 saturated carbocycles. The number of nitrogens with zero attached hydrogens (tertiary/aromatic N) is 3. The quantitative estimate of drug-likeness (QED) is 0.754. The fourth-order valence-corrected chi connectivity index (χ4v) is 1.80. The van der Waals surface area contributed by atoms with Crippen LogP contribution in [-0.4, -0.2) is 0 Å². The predicted octanol–water partition coefficient (Wildman–Crippen LogP) is 2.97. The molecule has 82 valence electrons. The van der Waals surface area contributed by atoms with Gasteiger partial charge in [0.15, 0.2) is 0 Å². The Hall–Kier alpha value is -3.09. The Kier molecular flexibility index (Phi) is 3.06. The standard InChI is InChI=1S/C15H7N3/c16-8-11-6-13(9-17)15(14(7-11)10-18)12-4-2-1-3-5-12/h1-7H. The van der Waals surface area contributed by atoms with Crippen molar-refractivity contribution in [1.29, 1.82) is 15.8 Å². The molecule has 0 atom stereocenters. The molecule has 0 saturated heterocycles. The molecule has 2 rings (SSSR count). The normalized spacial score (nSPS) is 8.94. The maximum absolute atomic E-state index is 9.15. The molecule has 2 aromatic rings. The minimum atomic E-state index is 0.322. The van der Waals surface area contributed by atoms with Crippen LogP contribution in [-0.2, 0) is 0 Å². The van der Waals surface area contributed by atoms with E-state index in [4.69, 9.17) is 15.8 Å². The average molecular weight is 229 g/mol. The van der Waals surface area contributed by atoms with E-state index in [-0.39, 0.29) is 0 Å². The highest BCUT2D eigenvalue weighted by molar-refractivity contribution is 5.77. The number of hydrogen-bond donors (Lipinski definition) is 0. The van der Waals surface area contributed by atoms with Crippen LogP contribution in [0.2, 0.25) is 0 Å². The molecule has 0 aliphatic carbocycles. The van der Waals surface area contributed by atoms with Gasteiger partial charge in [0.1, 0.15) is 0 Å². The number of benzene rings is 2. The van der Waals surface area contributed by atoms with Crippen molar-refractivity contribution in [2.45, 2.75) is 0 Å². The van der Waals surface area contributed by atoms with Crippen molar-refractivity contribution in [3.8, 4) is 29.3 Å². The van der Waals surface area contributed by atoms with E-state index >= 15 is 0 Å². The minimum Gasteiger partial charge on any atom is -0.192 e. The van der Waals surface area contributed by atoms with E-state index in [9.17, 15) is 0 Å². The van der Waals surface area contributed by atoms with Gasteiger partial charge in [-0.2, -0.15) is 15.8 Å². The predicted molar refractivity (Wildman–Crippen MR) is 66.0 cm³/mol. The molecule has 0 fully saturated rings. The van der Waals surface area contributed by atoms with Gasteiger partial charge in [0.2, 0.25) is 0 Å². The van der Waals surface area contributed by atoms with E-state index in [1.165, 1.54) is 12.1 Å². The molecular weight excluding hydrogens is 222 g/mol. The average Bonchev–Trinajstić information content (AvgIpc) is 2.46. The van der Waals surface area contributed by atoms with E-state index in [0.717, 1.165) is 5.56 Å². The van der Waals surface area contributed by atoms with Crippen LogP contribution in [0.5, 0.6) is 0 Å². The lowest BCUT2D eigenvalue weighted by molar-refractivity contribution is 1.41. The van der Waals surface area contributed by atoms with Gasteiger partial charge in [0.05, 0.1) is 34.9 Å². The van der Waals surface area contributed by atoms with Gasteiger partial charge in [0.25, 0.3) is 0 Å². The fourth-order valence-electron chi connectivity index (χ4n) is 1.80. The molecular formula is C15H7N3. The van der Waals surface area contributed by atoms with Crippen LogP contribution in [0.1, 0.15) is 16.7 Å². The maximum Gasteiger partial charge on any atom is 0.0999 e. The van der Waals surface area contributed by atoms with Gasteiger partial charge in [-0.3, -0.25) is 0 Å². The van der Waals surface area contributed by atoms with Gasteiger partial charge in [-0.1, -0.05) is 30.3 Å². The zero-order valence-corrected chi connectivity index (χ0v) is 9.38. The van der Waals surface area contributed by atoms with Crippen LogP contribution >= 0.6 is 0 Å². The number of nitriles is 3. The van der Waals surface area contributed by atoms with Crippen LogP contribution in [0.15, 0.2) is 42.5 Å². The first kappa shape index (κ1) is 11.4. The second-order valence-corrected chi connectivity index (χ2v) is 3.65. The Labute approximate surface area is 105 Å². The fraction of sp³-hybridized carbons (Fsp3) is 0. The van der Waals surface area contributed by atoms with Gasteiger partial charge in [0, 0.05) is 5.56 Å². The highest BCUT2D eigenvalue weighted by Gasteiger charge is 2.12. The van der Waals surface area contributed by atoms with Crippen LogP contribution in [0.4, 0.5) is 0 Å². The number of hydrogen-bond acceptors (Lipinski definition) is 3. The molecule has 2 aromatic carbocycles. The van der Waals surface area contributed by atoms with Crippen LogP contribution in [0.25, 0.3) is 11.1 Å². The SMILES string of the molecule is N#Cc1cc(C#N)c(-c2ccccc2)c(C#N)c1. The van der Waals surface area contributed by atoms with Crippen LogP contribution in [0, 0.1) is 34.0 Å². The Morgan fingerprint density at radius 3 is 1.72 bits per heavy atom. The Morgan fingerprint density at radius 1 is 0.722 bits per heavy atom. The van der Waals surface area contributed by atoms with Crippen molar-refractivity contribution in [1.82, 2.24) is 0 Å². The molecule has 0 aromatic heterocycles. The summed E-state index contributed by atoms with van der Waals surface area (Å²) in [7, 11) is 0. The van der Waals surface area contributed by atoms with E-state index in [2.05, 4.69) is 0 Å². The molecule has 3 nitrogen and oxygen atoms in total. The maximum atomic E-state index is 9.15. The van der Waals surface area contributed by atoms with E-state index in [1.807, 2.05) is 48.5 Å². The highest BCUT2D eigenvalue weighted by Crippen LogP contribution is 2.28. The van der Waals surface area contributed by atoms with Gasteiger partial charge in [-0.05, 0) is 17.7 Å². The smallest absolute Gasteiger partial charge is 0.0999 e. The van der Waals surface area contributed by atoms with Gasteiger partial charge in [-0.15, -0.1) is 0 Å². The molecule has 0 bridgehead atoms. The summed E-state index contributed by atoms with van der Waals surface area (Å²) < 4.78 is 0. The molecule has 18 heavy (non-hydrogen) atoms. The Morgan fingerprint density at radius 2 is 1.28 bits per heavy atom. The first-order valence-corrected chi connectivity index (χ1v) is 5.24. The van der Waals surface area contributed by atoms with Crippen molar-refractivity contribution >= 4 is 0 Å². The van der Waals surface area contributed by atoms with Crippen LogP contribution < -0.4 is 0 Å². The summed E-state index contributed by atoms with van der Waals surface area (Å²) in [4.78, 5) is 0. The van der Waals surface area contributed by atoms with Gasteiger partial charge >= 0.3 is 0 Å². The highest BCUT2D eigenvalue weighted by atomic mass is 14.3. The van der Waals surface area contributed by atoms with Gasteiger partial charge in [-0.25, -0.2) is 0 Å². The largest absolute Gasteiger partial charge is 0.192 e. The lowest BCUT2D eigenvalue weighted by Crippen LogP contribution is -1.92. The monoisotopic (exact) mass is 229 g/mol. The molecule has 0 unspecified atom stereocenters. The Bertz CT molecular complexity index is 675. The van der Waals surface area contributed by atoms with E-state index < -0.39 is 0 Å². The second-order valence-electron chi connectivity index (χ2n) is 3.65. The zero-order valence-electron chi connectivity index (χ0n) is 9.38. The van der Waals surface area contributed by atoms with Crippen LogP contribution in [0.3, 0.4) is 0 Å². The molecule has 0 aliphatic heterocycles. The molecule has 0 amide bonds. The third-order valence-electron chi connectivity index (χ3n) is 2.57. The lowest BCUT2D eigenvalue weighted by atomic mass is 9.93. The Balaban J connectivity index is 2.80. The molecule has 0 heterocycles. The first-order chi connectivity index (χ1) is 8.80. The molecule has 0 radical (unpaired) electrons. The summed E-state index contributed by atoms with van der Waals surface area (Å²) in [5.41, 5.74) is 2.39. The lowest BCUT2D eigenvalue weighted by Gasteiger charge is -2.07. The van der Waals surface area contributed by atoms with Crippen molar-refractivity contribution in [3.05, 3.63) is 59.2 Å². The van der Waals surface area contributed by atoms with Crippen molar-refractivity contribution in [2.24, 2.45) is 0 Å². The summed E-state index contributed by atoms with van der Waals surface area (Å²) >= 11 is 0. The summed E-state index contributed by atoms with van der Waals surface area (Å²) in [5.74, 6) is 0. The number of rotatable bonds is 1. The van der Waals surface area contributed by atoms with Crippen molar-refractivity contribution in [2.75, 3.05) is 0 Å². The molecule has 3 heteroatoms. The first-order valence-electron chi connectivity index (χ1n) is 5.24. The topological polar surface area (TPSA) is 71.4 Å². The second kappa shape index (κ2) is 4.83. The summed E-state index contributed by atoms with van der Waals surface area (Å²) in [6.45, 7) is 0.